The van der Waals surface area contributed by atoms with Crippen LogP contribution in [0.3, 0.4) is 0 Å². The van der Waals surface area contributed by atoms with E-state index in [1.165, 1.54) is 10.9 Å². The molecule has 0 unspecified atom stereocenters. The zero-order valence-electron chi connectivity index (χ0n) is 19.0. The summed E-state index contributed by atoms with van der Waals surface area (Å²) < 4.78 is 12.3. The SMILES string of the molecule is COc1cc(C(=O)N2CCN(C(=O)Cn3cnc4c(oc5ccccc54)c3=O)CC2)ccc1C. The van der Waals surface area contributed by atoms with Crippen LogP contribution in [-0.4, -0.2) is 64.5 Å². The molecule has 3 heterocycles. The molecule has 1 saturated heterocycles. The van der Waals surface area contributed by atoms with E-state index >= 15 is 0 Å². The van der Waals surface area contributed by atoms with Crippen molar-refractivity contribution in [2.24, 2.45) is 0 Å². The van der Waals surface area contributed by atoms with Gasteiger partial charge in [0.1, 0.15) is 23.4 Å². The average molecular weight is 460 g/mol. The smallest absolute Gasteiger partial charge is 0.297 e. The zero-order chi connectivity index (χ0) is 23.8. The Morgan fingerprint density at radius 3 is 2.56 bits per heavy atom. The number of methoxy groups -OCH3 is 1. The number of furan rings is 1. The Morgan fingerprint density at radius 1 is 1.06 bits per heavy atom. The van der Waals surface area contributed by atoms with Crippen molar-refractivity contribution in [3.63, 3.8) is 0 Å². The number of aromatic nitrogens is 2. The first-order chi connectivity index (χ1) is 16.5. The maximum absolute atomic E-state index is 12.9. The van der Waals surface area contributed by atoms with Crippen LogP contribution in [0.4, 0.5) is 0 Å². The number of piperazine rings is 1. The standard InChI is InChI=1S/C25H24N4O5/c1-16-7-8-17(13-20(16)33-2)24(31)28-11-9-27(10-12-28)21(30)14-29-15-26-22-18-5-3-4-6-19(18)34-23(22)25(29)32/h3-8,13,15H,9-12,14H2,1-2H3. The van der Waals surface area contributed by atoms with E-state index in [2.05, 4.69) is 4.98 Å². The van der Waals surface area contributed by atoms with E-state index in [0.29, 0.717) is 48.6 Å². The molecule has 4 aromatic rings. The van der Waals surface area contributed by atoms with Crippen LogP contribution in [0.5, 0.6) is 5.75 Å². The summed E-state index contributed by atoms with van der Waals surface area (Å²) in [4.78, 5) is 46.4. The molecule has 0 spiro atoms. The number of amides is 2. The van der Waals surface area contributed by atoms with E-state index in [1.807, 2.05) is 31.2 Å². The Hall–Kier alpha value is -4.14. The van der Waals surface area contributed by atoms with Gasteiger partial charge in [0.05, 0.1) is 13.4 Å². The highest BCUT2D eigenvalue weighted by Gasteiger charge is 2.26. The highest BCUT2D eigenvalue weighted by Crippen LogP contribution is 2.24. The first-order valence-corrected chi connectivity index (χ1v) is 11.0. The van der Waals surface area contributed by atoms with Gasteiger partial charge >= 0.3 is 0 Å². The van der Waals surface area contributed by atoms with Crippen molar-refractivity contribution in [2.45, 2.75) is 13.5 Å². The lowest BCUT2D eigenvalue weighted by molar-refractivity contribution is -0.133. The fraction of sp³-hybridized carbons (Fsp3) is 0.280. The minimum Gasteiger partial charge on any atom is -0.496 e. The summed E-state index contributed by atoms with van der Waals surface area (Å²) in [6.45, 7) is 3.39. The summed E-state index contributed by atoms with van der Waals surface area (Å²) in [5.74, 6) is 0.366. The van der Waals surface area contributed by atoms with Gasteiger partial charge in [0.15, 0.2) is 0 Å². The number of fused-ring (bicyclic) bond motifs is 3. The monoisotopic (exact) mass is 460 g/mol. The number of benzene rings is 2. The molecule has 0 radical (unpaired) electrons. The zero-order valence-corrected chi connectivity index (χ0v) is 19.0. The van der Waals surface area contributed by atoms with Crippen molar-refractivity contribution in [3.05, 3.63) is 70.3 Å². The fourth-order valence-corrected chi connectivity index (χ4v) is 4.27. The number of carbonyl (C=O) groups excluding carboxylic acids is 2. The predicted molar refractivity (Wildman–Crippen MR) is 126 cm³/mol. The lowest BCUT2D eigenvalue weighted by Crippen LogP contribution is -2.51. The molecule has 9 heteroatoms. The second-order valence-electron chi connectivity index (χ2n) is 8.31. The summed E-state index contributed by atoms with van der Waals surface area (Å²) in [5.41, 5.74) is 2.33. The number of hydrogen-bond donors (Lipinski definition) is 0. The molecule has 0 atom stereocenters. The van der Waals surface area contributed by atoms with Crippen LogP contribution in [-0.2, 0) is 11.3 Å². The Kier molecular flexibility index (Phi) is 5.53. The normalized spacial score (nSPS) is 14.1. The van der Waals surface area contributed by atoms with Gasteiger partial charge in [-0.15, -0.1) is 0 Å². The van der Waals surface area contributed by atoms with Gasteiger partial charge in [0.25, 0.3) is 11.5 Å². The van der Waals surface area contributed by atoms with Gasteiger partial charge in [-0.3, -0.25) is 19.0 Å². The van der Waals surface area contributed by atoms with Crippen LogP contribution >= 0.6 is 0 Å². The Bertz CT molecular complexity index is 1460. The Morgan fingerprint density at radius 2 is 1.79 bits per heavy atom. The summed E-state index contributed by atoms with van der Waals surface area (Å²) >= 11 is 0. The summed E-state index contributed by atoms with van der Waals surface area (Å²) in [7, 11) is 1.58. The number of para-hydroxylation sites is 1. The molecule has 34 heavy (non-hydrogen) atoms. The number of carbonyl (C=O) groups is 2. The highest BCUT2D eigenvalue weighted by atomic mass is 16.5. The van der Waals surface area contributed by atoms with E-state index in [0.717, 1.165) is 10.9 Å². The summed E-state index contributed by atoms with van der Waals surface area (Å²) in [6, 6.07) is 12.7. The maximum atomic E-state index is 12.9. The van der Waals surface area contributed by atoms with Gasteiger partial charge < -0.3 is 19.0 Å². The van der Waals surface area contributed by atoms with Crippen LogP contribution in [0.2, 0.25) is 0 Å². The molecule has 1 fully saturated rings. The van der Waals surface area contributed by atoms with Crippen molar-refractivity contribution < 1.29 is 18.7 Å². The quantitative estimate of drug-likeness (QED) is 0.464. The molecule has 0 N–H and O–H groups in total. The third-order valence-corrected chi connectivity index (χ3v) is 6.23. The van der Waals surface area contributed by atoms with Crippen molar-refractivity contribution in [1.82, 2.24) is 19.4 Å². The summed E-state index contributed by atoms with van der Waals surface area (Å²) in [6.07, 6.45) is 1.38. The van der Waals surface area contributed by atoms with Gasteiger partial charge in [0, 0.05) is 37.1 Å². The molecule has 2 amide bonds. The van der Waals surface area contributed by atoms with E-state index < -0.39 is 5.56 Å². The molecule has 2 aromatic heterocycles. The first kappa shape index (κ1) is 21.7. The van der Waals surface area contributed by atoms with E-state index in [9.17, 15) is 14.4 Å². The molecule has 2 aromatic carbocycles. The molecule has 0 saturated carbocycles. The molecule has 174 valence electrons. The van der Waals surface area contributed by atoms with Gasteiger partial charge in [0.2, 0.25) is 11.5 Å². The number of nitrogens with zero attached hydrogens (tertiary/aromatic N) is 4. The van der Waals surface area contributed by atoms with E-state index in [1.54, 1.807) is 35.1 Å². The van der Waals surface area contributed by atoms with Crippen molar-refractivity contribution in [2.75, 3.05) is 33.3 Å². The second-order valence-corrected chi connectivity index (χ2v) is 8.31. The number of hydrogen-bond acceptors (Lipinski definition) is 6. The minimum absolute atomic E-state index is 0.0962. The highest BCUT2D eigenvalue weighted by molar-refractivity contribution is 6.01. The molecular weight excluding hydrogens is 436 g/mol. The van der Waals surface area contributed by atoms with Crippen LogP contribution in [0, 0.1) is 6.92 Å². The van der Waals surface area contributed by atoms with E-state index in [4.69, 9.17) is 9.15 Å². The second kappa shape index (κ2) is 8.66. The first-order valence-electron chi connectivity index (χ1n) is 11.0. The largest absolute Gasteiger partial charge is 0.496 e. The fourth-order valence-electron chi connectivity index (χ4n) is 4.27. The topological polar surface area (TPSA) is 97.9 Å². The molecule has 5 rings (SSSR count). The number of ether oxygens (including phenoxy) is 1. The third kappa shape index (κ3) is 3.79. The van der Waals surface area contributed by atoms with Gasteiger partial charge in [-0.2, -0.15) is 0 Å². The summed E-state index contributed by atoms with van der Waals surface area (Å²) in [5, 5.41) is 0.764. The van der Waals surface area contributed by atoms with Gasteiger partial charge in [-0.05, 0) is 36.8 Å². The Labute approximate surface area is 195 Å². The number of rotatable bonds is 4. The molecular formula is C25H24N4O5. The average Bonchev–Trinajstić information content (AvgIpc) is 3.25. The lowest BCUT2D eigenvalue weighted by Gasteiger charge is -2.35. The van der Waals surface area contributed by atoms with Crippen LogP contribution in [0.15, 0.2) is 58.0 Å². The number of aryl methyl sites for hydroxylation is 1. The molecule has 0 aliphatic carbocycles. The molecule has 0 bridgehead atoms. The van der Waals surface area contributed by atoms with Crippen molar-refractivity contribution in [3.8, 4) is 5.75 Å². The predicted octanol–water partition coefficient (Wildman–Crippen LogP) is 2.44. The van der Waals surface area contributed by atoms with Crippen LogP contribution in [0.1, 0.15) is 15.9 Å². The van der Waals surface area contributed by atoms with Crippen LogP contribution < -0.4 is 10.3 Å². The lowest BCUT2D eigenvalue weighted by atomic mass is 10.1. The van der Waals surface area contributed by atoms with Gasteiger partial charge in [-0.1, -0.05) is 18.2 Å². The van der Waals surface area contributed by atoms with Crippen LogP contribution in [0.25, 0.3) is 22.1 Å². The van der Waals surface area contributed by atoms with Gasteiger partial charge in [-0.25, -0.2) is 4.98 Å². The van der Waals surface area contributed by atoms with Crippen molar-refractivity contribution in [1.29, 1.82) is 0 Å². The Balaban J connectivity index is 1.26. The molecule has 1 aliphatic rings. The third-order valence-electron chi connectivity index (χ3n) is 6.23. The maximum Gasteiger partial charge on any atom is 0.297 e. The minimum atomic E-state index is -0.392. The molecule has 1 aliphatic heterocycles. The molecule has 9 nitrogen and oxygen atoms in total. The van der Waals surface area contributed by atoms with Crippen molar-refractivity contribution >= 4 is 33.9 Å². The van der Waals surface area contributed by atoms with E-state index in [-0.39, 0.29) is 23.9 Å².